The topological polar surface area (TPSA) is 51.2 Å². The number of hydrogen-bond acceptors (Lipinski definition) is 3. The van der Waals surface area contributed by atoms with Gasteiger partial charge in [-0.3, -0.25) is 9.78 Å². The van der Waals surface area contributed by atoms with Crippen molar-refractivity contribution in [2.24, 2.45) is 0 Å². The molecule has 1 aliphatic rings. The Hall–Kier alpha value is -3.14. The molecule has 2 heterocycles. The van der Waals surface area contributed by atoms with Crippen molar-refractivity contribution in [2.75, 3.05) is 6.54 Å². The van der Waals surface area contributed by atoms with Crippen molar-refractivity contribution < 1.29 is 9.53 Å². The van der Waals surface area contributed by atoms with Crippen molar-refractivity contribution in [3.05, 3.63) is 83.6 Å². The number of nitrogens with one attached hydrogen (secondary N) is 1. The second-order valence-corrected chi connectivity index (χ2v) is 7.63. The summed E-state index contributed by atoms with van der Waals surface area (Å²) in [6.45, 7) is 2.57. The summed E-state index contributed by atoms with van der Waals surface area (Å²) < 4.78 is 6.01. The zero-order chi connectivity index (χ0) is 20.1. The molecule has 1 atom stereocenters. The Kier molecular flexibility index (Phi) is 5.89. The number of amides is 1. The molecular formula is C25H26N2O2. The van der Waals surface area contributed by atoms with E-state index in [2.05, 4.69) is 34.6 Å². The van der Waals surface area contributed by atoms with E-state index < -0.39 is 0 Å². The van der Waals surface area contributed by atoms with Gasteiger partial charge in [-0.1, -0.05) is 36.4 Å². The van der Waals surface area contributed by atoms with Gasteiger partial charge in [0, 0.05) is 24.6 Å². The van der Waals surface area contributed by atoms with Gasteiger partial charge in [0.05, 0.1) is 12.2 Å². The molecule has 0 fully saturated rings. The fraction of sp³-hybridized carbons (Fsp3) is 0.280. The highest BCUT2D eigenvalue weighted by atomic mass is 16.5. The van der Waals surface area contributed by atoms with Gasteiger partial charge < -0.3 is 10.1 Å². The minimum absolute atomic E-state index is 0.00991. The Morgan fingerprint density at radius 2 is 2.00 bits per heavy atom. The van der Waals surface area contributed by atoms with E-state index >= 15 is 0 Å². The summed E-state index contributed by atoms with van der Waals surface area (Å²) in [6.07, 6.45) is 5.00. The molecule has 0 spiro atoms. The molecular weight excluding hydrogens is 360 g/mol. The molecule has 2 aromatic carbocycles. The molecule has 148 valence electrons. The number of aryl methyl sites for hydroxylation is 2. The molecule has 3 aromatic rings. The van der Waals surface area contributed by atoms with Crippen molar-refractivity contribution in [1.82, 2.24) is 10.3 Å². The van der Waals surface area contributed by atoms with Crippen molar-refractivity contribution in [2.45, 2.75) is 38.7 Å². The maximum atomic E-state index is 12.2. The van der Waals surface area contributed by atoms with Gasteiger partial charge in [0.25, 0.3) is 0 Å². The van der Waals surface area contributed by atoms with Crippen LogP contribution in [0.2, 0.25) is 0 Å². The summed E-state index contributed by atoms with van der Waals surface area (Å²) in [4.78, 5) is 16.7. The SMILES string of the molecule is Cc1ccc(-c2ccc3c(c2)C[C@H](CNC(=O)CCCc2ccccc2)O3)nc1. The van der Waals surface area contributed by atoms with Crippen LogP contribution in [0, 0.1) is 6.92 Å². The predicted molar refractivity (Wildman–Crippen MR) is 115 cm³/mol. The van der Waals surface area contributed by atoms with Gasteiger partial charge in [0.15, 0.2) is 0 Å². The van der Waals surface area contributed by atoms with Crippen LogP contribution in [0.5, 0.6) is 5.75 Å². The van der Waals surface area contributed by atoms with Crippen LogP contribution < -0.4 is 10.1 Å². The minimum atomic E-state index is -0.00991. The second-order valence-electron chi connectivity index (χ2n) is 7.63. The van der Waals surface area contributed by atoms with E-state index in [1.165, 1.54) is 11.1 Å². The first kappa shape index (κ1) is 19.2. The summed E-state index contributed by atoms with van der Waals surface area (Å²) in [6, 6.07) is 20.6. The third-order valence-corrected chi connectivity index (χ3v) is 5.25. The lowest BCUT2D eigenvalue weighted by Crippen LogP contribution is -2.34. The van der Waals surface area contributed by atoms with Crippen LogP contribution >= 0.6 is 0 Å². The van der Waals surface area contributed by atoms with E-state index in [-0.39, 0.29) is 12.0 Å². The number of carbonyl (C=O) groups is 1. The smallest absolute Gasteiger partial charge is 0.220 e. The molecule has 1 aliphatic heterocycles. The number of benzene rings is 2. The maximum absolute atomic E-state index is 12.2. The molecule has 0 saturated carbocycles. The molecule has 1 amide bonds. The monoisotopic (exact) mass is 386 g/mol. The van der Waals surface area contributed by atoms with Crippen LogP contribution in [0.4, 0.5) is 0 Å². The van der Waals surface area contributed by atoms with Crippen molar-refractivity contribution in [3.63, 3.8) is 0 Å². The normalized spacial score (nSPS) is 14.9. The van der Waals surface area contributed by atoms with Gasteiger partial charge in [-0.15, -0.1) is 0 Å². The zero-order valence-electron chi connectivity index (χ0n) is 16.7. The molecule has 0 aliphatic carbocycles. The fourth-order valence-corrected chi connectivity index (χ4v) is 3.65. The van der Waals surface area contributed by atoms with E-state index in [9.17, 15) is 4.79 Å². The summed E-state index contributed by atoms with van der Waals surface area (Å²) in [5.41, 5.74) is 5.66. The van der Waals surface area contributed by atoms with E-state index in [1.54, 1.807) is 0 Å². The lowest BCUT2D eigenvalue weighted by molar-refractivity contribution is -0.121. The zero-order valence-corrected chi connectivity index (χ0v) is 16.7. The maximum Gasteiger partial charge on any atom is 0.220 e. The summed E-state index contributed by atoms with van der Waals surface area (Å²) >= 11 is 0. The molecule has 0 unspecified atom stereocenters. The summed E-state index contributed by atoms with van der Waals surface area (Å²) in [7, 11) is 0. The molecule has 1 aromatic heterocycles. The van der Waals surface area contributed by atoms with Crippen LogP contribution in [-0.2, 0) is 17.6 Å². The number of nitrogens with zero attached hydrogens (tertiary/aromatic N) is 1. The average Bonchev–Trinajstić information content (AvgIpc) is 3.16. The Bertz CT molecular complexity index is 968. The Balaban J connectivity index is 1.25. The van der Waals surface area contributed by atoms with Gasteiger partial charge in [0.2, 0.25) is 5.91 Å². The van der Waals surface area contributed by atoms with E-state index in [0.29, 0.717) is 13.0 Å². The molecule has 4 heteroatoms. The second kappa shape index (κ2) is 8.91. The van der Waals surface area contributed by atoms with Crippen LogP contribution in [0.3, 0.4) is 0 Å². The van der Waals surface area contributed by atoms with Gasteiger partial charge >= 0.3 is 0 Å². The van der Waals surface area contributed by atoms with Crippen molar-refractivity contribution in [1.29, 1.82) is 0 Å². The van der Waals surface area contributed by atoms with Gasteiger partial charge in [-0.25, -0.2) is 0 Å². The van der Waals surface area contributed by atoms with Gasteiger partial charge in [0.1, 0.15) is 11.9 Å². The Morgan fingerprint density at radius 3 is 2.79 bits per heavy atom. The average molecular weight is 386 g/mol. The molecule has 0 radical (unpaired) electrons. The number of pyridine rings is 1. The largest absolute Gasteiger partial charge is 0.488 e. The van der Waals surface area contributed by atoms with Crippen LogP contribution in [0.15, 0.2) is 66.9 Å². The highest BCUT2D eigenvalue weighted by molar-refractivity contribution is 5.75. The molecule has 0 bridgehead atoms. The first-order valence-corrected chi connectivity index (χ1v) is 10.2. The van der Waals surface area contributed by atoms with Crippen LogP contribution in [0.1, 0.15) is 29.5 Å². The van der Waals surface area contributed by atoms with E-state index in [0.717, 1.165) is 41.8 Å². The van der Waals surface area contributed by atoms with Gasteiger partial charge in [-0.05, 0) is 60.7 Å². The molecule has 0 saturated heterocycles. The highest BCUT2D eigenvalue weighted by Crippen LogP contribution is 2.32. The summed E-state index contributed by atoms with van der Waals surface area (Å²) in [5, 5.41) is 3.02. The molecule has 1 N–H and O–H groups in total. The van der Waals surface area contributed by atoms with E-state index in [4.69, 9.17) is 4.74 Å². The van der Waals surface area contributed by atoms with Crippen LogP contribution in [-0.4, -0.2) is 23.5 Å². The lowest BCUT2D eigenvalue weighted by atomic mass is 10.0. The van der Waals surface area contributed by atoms with Crippen molar-refractivity contribution in [3.8, 4) is 17.0 Å². The van der Waals surface area contributed by atoms with Crippen LogP contribution in [0.25, 0.3) is 11.3 Å². The first-order chi connectivity index (χ1) is 14.2. The highest BCUT2D eigenvalue weighted by Gasteiger charge is 2.23. The number of rotatable bonds is 7. The number of fused-ring (bicyclic) bond motifs is 1. The fourth-order valence-electron chi connectivity index (χ4n) is 3.65. The third kappa shape index (κ3) is 5.02. The van der Waals surface area contributed by atoms with Crippen molar-refractivity contribution >= 4 is 5.91 Å². The number of ether oxygens (including phenoxy) is 1. The predicted octanol–water partition coefficient (Wildman–Crippen LogP) is 4.50. The van der Waals surface area contributed by atoms with Gasteiger partial charge in [-0.2, -0.15) is 0 Å². The number of hydrogen-bond donors (Lipinski definition) is 1. The quantitative estimate of drug-likeness (QED) is 0.650. The standard InChI is InChI=1S/C25H26N2O2/c1-18-10-12-23(26-16-18)20-11-13-24-21(14-20)15-22(29-24)17-27-25(28)9-5-8-19-6-3-2-4-7-19/h2-4,6-7,10-14,16,22H,5,8-9,15,17H2,1H3,(H,27,28)/t22-/m1/s1. The number of aromatic nitrogens is 1. The lowest BCUT2D eigenvalue weighted by Gasteiger charge is -2.12. The first-order valence-electron chi connectivity index (χ1n) is 10.2. The summed E-state index contributed by atoms with van der Waals surface area (Å²) in [5.74, 6) is 0.995. The Morgan fingerprint density at radius 1 is 1.14 bits per heavy atom. The molecule has 4 rings (SSSR count). The minimum Gasteiger partial charge on any atom is -0.488 e. The number of carbonyl (C=O) groups excluding carboxylic acids is 1. The molecule has 29 heavy (non-hydrogen) atoms. The third-order valence-electron chi connectivity index (χ3n) is 5.25. The van der Waals surface area contributed by atoms with E-state index in [1.807, 2.05) is 49.5 Å². The molecule has 4 nitrogen and oxygen atoms in total. The Labute approximate surface area is 172 Å².